The number of ketones is 2. The molecular formula is C53H85BrK2N6O11. The van der Waals surface area contributed by atoms with Crippen LogP contribution in [0, 0.1) is 101 Å². The predicted octanol–water partition coefficient (Wildman–Crippen LogP) is 4.28. The molecule has 3 N–H and O–H groups in total. The molecule has 8 aliphatic carbocycles. The fraction of sp³-hybridized carbons (Fsp3) is 0.830. The molecule has 0 radical (unpaired) electrons. The Morgan fingerprint density at radius 2 is 1.15 bits per heavy atom. The third kappa shape index (κ3) is 13.8. The topological polar surface area (TPSA) is 257 Å². The summed E-state index contributed by atoms with van der Waals surface area (Å²) >= 11 is 3.43. The van der Waals surface area contributed by atoms with E-state index >= 15 is 0 Å². The molecule has 402 valence electrons. The van der Waals surface area contributed by atoms with E-state index in [4.69, 9.17) is 10.1 Å². The van der Waals surface area contributed by atoms with E-state index < -0.39 is 21.0 Å². The number of nitrogens with zero attached hydrogens (tertiary/aromatic N) is 5. The van der Waals surface area contributed by atoms with Crippen molar-refractivity contribution in [1.82, 2.24) is 20.0 Å². The van der Waals surface area contributed by atoms with Crippen LogP contribution in [0.15, 0.2) is 24.8 Å². The molecule has 2 heterocycles. The SMILES string of the molecule is C.C.C[C@@]1(O)CC[C@@]2(C)[C@H](CC[C@@H]3[C@@H]2CC[C@]2(C)[C@@H](C(=O)CBr)CC[C@@H]32)C1.C[C@@]1(O)CC[C@@]2(C)[C@H](CC[C@@H]3[C@@H]2CC[C@]2(C)[C@@H](C(=O)Cn4cc([N+](=O)[O-])cn4)CC[C@@H]32)C1.O=CO[O-].O=[N+]([O-])c1cn[nH]c1.[H-].[K+].[K+]. The van der Waals surface area contributed by atoms with Crippen LogP contribution in [0.4, 0.5) is 11.4 Å². The number of halogens is 1. The number of hydrogen-bond donors (Lipinski definition) is 3. The van der Waals surface area contributed by atoms with Gasteiger partial charge in [-0.3, -0.25) is 44.4 Å². The minimum atomic E-state index is -0.510. The van der Waals surface area contributed by atoms with E-state index in [2.05, 4.69) is 63.8 Å². The van der Waals surface area contributed by atoms with Crippen molar-refractivity contribution < 1.29 is 149 Å². The molecule has 2 aromatic heterocycles. The van der Waals surface area contributed by atoms with Gasteiger partial charge in [0, 0.05) is 11.8 Å². The zero-order chi connectivity index (χ0) is 50.3. The molecule has 0 unspecified atom stereocenters. The number of Topliss-reactive ketones (excluding diaryl/α,β-unsaturated/α-hetero) is 2. The molecule has 2 aromatic rings. The van der Waals surface area contributed by atoms with Crippen molar-refractivity contribution in [2.75, 3.05) is 5.33 Å². The first-order chi connectivity index (χ1) is 32.5. The van der Waals surface area contributed by atoms with Gasteiger partial charge in [-0.25, -0.2) is 0 Å². The fourth-order valence-corrected chi connectivity index (χ4v) is 17.6. The van der Waals surface area contributed by atoms with Gasteiger partial charge in [-0.2, -0.15) is 10.2 Å². The van der Waals surface area contributed by atoms with Crippen molar-refractivity contribution in [3.8, 4) is 0 Å². The average molecular weight is 1140 g/mol. The Labute approximate surface area is 528 Å². The van der Waals surface area contributed by atoms with Gasteiger partial charge in [-0.05, 0) is 198 Å². The number of aromatic amines is 1. The Kier molecular flexibility index (Phi) is 24.5. The van der Waals surface area contributed by atoms with E-state index in [1.165, 1.54) is 81.1 Å². The standard InChI is InChI=1S/C25H37N3O4.C22H35BrO2.C3H3N3O2.CH2O3.2CH4.2K.H/c1-23(30)10-11-24(2)16(12-23)4-5-18-19-6-7-21(25(19,3)9-8-20(18)24)22(29)15-27-14-17(13-26-27)28(31)32;1-20(25)10-11-21(2)14(12-20)4-5-15-16-6-7-18(19(24)13-23)22(16,3)9-8-17(15)21;7-6(8)3-1-4-5-2-3;2-1-4-3;;;;;/h13-14,16,18-21,30H,4-12,15H2,1-3H3;14-18,25H,4-13H2,1-3H3;1-2H,(H,4,5);1,3H;2*1H4;;;/q;;;;;;2*+1;-1/p-1/t16-,18+,19+,20+,21-,23-,24+,25+;14-,15+,16+,17+,18-,20-,21+,22+;;;;;;;/m11......./s1. The van der Waals surface area contributed by atoms with Gasteiger partial charge in [-0.1, -0.05) is 58.5 Å². The number of alkyl halides is 1. The maximum Gasteiger partial charge on any atom is 1.00 e. The van der Waals surface area contributed by atoms with E-state index in [1.54, 1.807) is 0 Å². The molecule has 8 aliphatic rings. The molecule has 73 heavy (non-hydrogen) atoms. The molecule has 0 amide bonds. The van der Waals surface area contributed by atoms with Crippen molar-refractivity contribution in [2.45, 2.75) is 190 Å². The number of fused-ring (bicyclic) bond motifs is 10. The van der Waals surface area contributed by atoms with Gasteiger partial charge < -0.3 is 21.8 Å². The van der Waals surface area contributed by atoms with E-state index in [1.807, 2.05) is 13.8 Å². The van der Waals surface area contributed by atoms with Crippen LogP contribution in [0.3, 0.4) is 0 Å². The van der Waals surface area contributed by atoms with E-state index in [0.717, 1.165) is 81.7 Å². The Morgan fingerprint density at radius 3 is 1.52 bits per heavy atom. The summed E-state index contributed by atoms with van der Waals surface area (Å²) in [5, 5.41) is 60.7. The minimum absolute atomic E-state index is 0. The van der Waals surface area contributed by atoms with Crippen LogP contribution in [0.2, 0.25) is 0 Å². The van der Waals surface area contributed by atoms with Crippen LogP contribution >= 0.6 is 15.9 Å². The fourth-order valence-electron chi connectivity index (χ4n) is 17.2. The van der Waals surface area contributed by atoms with E-state index in [9.17, 15) is 40.0 Å². The molecule has 8 fully saturated rings. The number of aromatic nitrogens is 4. The van der Waals surface area contributed by atoms with Crippen molar-refractivity contribution in [1.29, 1.82) is 0 Å². The summed E-state index contributed by atoms with van der Waals surface area (Å²) in [5.41, 5.74) is -0.00810. The van der Waals surface area contributed by atoms with Gasteiger partial charge >= 0.3 is 114 Å². The quantitative estimate of drug-likeness (QED) is 0.0835. The summed E-state index contributed by atoms with van der Waals surface area (Å²) in [4.78, 5) is 56.9. The van der Waals surface area contributed by atoms with Gasteiger partial charge in [0.05, 0.1) is 32.6 Å². The predicted molar refractivity (Wildman–Crippen MR) is 271 cm³/mol. The molecule has 10 rings (SSSR count). The van der Waals surface area contributed by atoms with Gasteiger partial charge in [0.15, 0.2) is 5.78 Å². The summed E-state index contributed by atoms with van der Waals surface area (Å²) in [6.07, 6.45) is 25.4. The minimum Gasteiger partial charge on any atom is -1.00 e. The first-order valence-electron chi connectivity index (χ1n) is 25.6. The second-order valence-corrected chi connectivity index (χ2v) is 24.8. The first kappa shape index (κ1) is 66.9. The van der Waals surface area contributed by atoms with Crippen molar-refractivity contribution >= 4 is 45.3 Å². The molecule has 8 saturated carbocycles. The number of carbonyl (C=O) groups excluding carboxylic acids is 3. The Morgan fingerprint density at radius 1 is 0.712 bits per heavy atom. The summed E-state index contributed by atoms with van der Waals surface area (Å²) in [5.74, 6) is 6.60. The largest absolute Gasteiger partial charge is 1.00 e. The van der Waals surface area contributed by atoms with Crippen LogP contribution in [0.5, 0.6) is 0 Å². The second kappa shape index (κ2) is 26.7. The van der Waals surface area contributed by atoms with Crippen molar-refractivity contribution in [3.05, 3.63) is 45.0 Å². The molecule has 0 aromatic carbocycles. The maximum absolute atomic E-state index is 13.3. The number of aliphatic hydroxyl groups is 2. The third-order valence-electron chi connectivity index (χ3n) is 20.7. The maximum atomic E-state index is 13.3. The zero-order valence-corrected chi connectivity index (χ0v) is 51.3. The Bertz CT molecular complexity index is 2190. The van der Waals surface area contributed by atoms with Gasteiger partial charge in [-0.15, -0.1) is 0 Å². The van der Waals surface area contributed by atoms with E-state index in [-0.39, 0.29) is 172 Å². The Balaban J connectivity index is 0.000000398. The third-order valence-corrected chi connectivity index (χ3v) is 21.3. The van der Waals surface area contributed by atoms with E-state index in [0.29, 0.717) is 51.5 Å². The molecule has 0 spiro atoms. The zero-order valence-electron chi connectivity index (χ0n) is 44.5. The van der Waals surface area contributed by atoms with Crippen LogP contribution in [-0.2, 0) is 25.8 Å². The summed E-state index contributed by atoms with van der Waals surface area (Å²) in [6.45, 7) is 13.8. The summed E-state index contributed by atoms with van der Waals surface area (Å²) in [7, 11) is 0. The summed E-state index contributed by atoms with van der Waals surface area (Å²) in [6, 6.07) is 0. The van der Waals surface area contributed by atoms with Crippen molar-refractivity contribution in [3.63, 3.8) is 0 Å². The molecule has 16 atom stereocenters. The summed E-state index contributed by atoms with van der Waals surface area (Å²) < 4.78 is 1.43. The van der Waals surface area contributed by atoms with Crippen LogP contribution < -0.4 is 108 Å². The average Bonchev–Trinajstić information content (AvgIpc) is 4.13. The number of H-pyrrole nitrogens is 1. The normalized spacial score (nSPS) is 40.1. The van der Waals surface area contributed by atoms with Crippen LogP contribution in [0.1, 0.15) is 173 Å². The number of nitrogens with one attached hydrogen (secondary N) is 1. The molecule has 0 aliphatic heterocycles. The molecule has 20 heteroatoms. The van der Waals surface area contributed by atoms with Crippen molar-refractivity contribution in [2.24, 2.45) is 80.8 Å². The number of rotatable bonds is 8. The first-order valence-corrected chi connectivity index (χ1v) is 26.7. The smallest absolute Gasteiger partial charge is 1.00 e. The number of hydrogen-bond acceptors (Lipinski definition) is 13. The number of nitro groups is 2. The number of carbonyl (C=O) groups is 3. The molecule has 0 saturated heterocycles. The molecule has 0 bridgehead atoms. The molecular weight excluding hydrogens is 1050 g/mol. The van der Waals surface area contributed by atoms with Crippen LogP contribution in [-0.4, -0.2) is 74.6 Å². The second-order valence-electron chi connectivity index (χ2n) is 24.2. The van der Waals surface area contributed by atoms with Crippen LogP contribution in [0.25, 0.3) is 0 Å². The molecule has 17 nitrogen and oxygen atoms in total. The van der Waals surface area contributed by atoms with Gasteiger partial charge in [0.1, 0.15) is 30.9 Å². The Hall–Kier alpha value is -0.337. The van der Waals surface area contributed by atoms with Gasteiger partial charge in [0.25, 0.3) is 6.47 Å². The van der Waals surface area contributed by atoms with Gasteiger partial charge in [0.2, 0.25) is 0 Å². The monoisotopic (exact) mass is 1140 g/mol.